The molecule has 22 heavy (non-hydrogen) atoms. The topological polar surface area (TPSA) is 69.6 Å². The van der Waals surface area contributed by atoms with Crippen molar-refractivity contribution >= 4 is 11.9 Å². The van der Waals surface area contributed by atoms with E-state index >= 15 is 0 Å². The van der Waals surface area contributed by atoms with Crippen LogP contribution in [-0.2, 0) is 10.3 Å². The van der Waals surface area contributed by atoms with E-state index in [-0.39, 0.29) is 19.1 Å². The van der Waals surface area contributed by atoms with E-state index in [0.29, 0.717) is 11.1 Å². The number of nitrogens with one attached hydrogen (secondary N) is 1. The first-order chi connectivity index (χ1) is 10.7. The average molecular weight is 296 g/mol. The van der Waals surface area contributed by atoms with E-state index in [1.807, 2.05) is 60.7 Å². The number of benzene rings is 2. The number of hydrogen-bond donors (Lipinski definition) is 2. The van der Waals surface area contributed by atoms with Gasteiger partial charge in [-0.15, -0.1) is 0 Å². The number of urea groups is 1. The minimum absolute atomic E-state index is 0.0217. The average Bonchev–Trinajstić information content (AvgIpc) is 2.82. The van der Waals surface area contributed by atoms with Crippen LogP contribution in [-0.4, -0.2) is 35.1 Å². The second-order valence-corrected chi connectivity index (χ2v) is 5.09. The Kier molecular flexibility index (Phi) is 3.65. The predicted octanol–water partition coefficient (Wildman–Crippen LogP) is 1.47. The first-order valence-electron chi connectivity index (χ1n) is 7.06. The fourth-order valence-electron chi connectivity index (χ4n) is 2.81. The normalized spacial score (nSPS) is 16.7. The zero-order chi connectivity index (χ0) is 15.6. The Hall–Kier alpha value is -2.66. The van der Waals surface area contributed by atoms with E-state index in [1.165, 1.54) is 0 Å². The summed E-state index contributed by atoms with van der Waals surface area (Å²) in [5.74, 6) is -0.371. The van der Waals surface area contributed by atoms with Crippen LogP contribution < -0.4 is 5.32 Å². The van der Waals surface area contributed by atoms with Crippen LogP contribution in [0.2, 0.25) is 0 Å². The van der Waals surface area contributed by atoms with Crippen LogP contribution >= 0.6 is 0 Å². The summed E-state index contributed by atoms with van der Waals surface area (Å²) in [7, 11) is 0. The number of aliphatic hydroxyl groups is 1. The summed E-state index contributed by atoms with van der Waals surface area (Å²) in [6.45, 7) is -0.287. The molecule has 1 fully saturated rings. The first kappa shape index (κ1) is 14.3. The Morgan fingerprint density at radius 3 is 1.86 bits per heavy atom. The SMILES string of the molecule is O=C1NC(c2ccccc2)(c2ccccc2)C(=O)N1CCO. The molecule has 2 aromatic carbocycles. The maximum absolute atomic E-state index is 13.0. The number of rotatable bonds is 4. The third-order valence-electron chi connectivity index (χ3n) is 3.84. The highest BCUT2D eigenvalue weighted by molar-refractivity contribution is 6.09. The van der Waals surface area contributed by atoms with Gasteiger partial charge in [-0.2, -0.15) is 0 Å². The molecule has 0 saturated carbocycles. The van der Waals surface area contributed by atoms with Gasteiger partial charge in [0.1, 0.15) is 0 Å². The third kappa shape index (κ3) is 2.07. The lowest BCUT2D eigenvalue weighted by atomic mass is 9.82. The molecule has 1 aliphatic rings. The number of carbonyl (C=O) groups excluding carboxylic acids is 2. The standard InChI is InChI=1S/C17H16N2O3/c20-12-11-19-15(21)17(18-16(19)22,13-7-3-1-4-8-13)14-9-5-2-6-10-14/h1-10,20H,11-12H2,(H,18,22). The summed E-state index contributed by atoms with van der Waals surface area (Å²) in [4.78, 5) is 26.2. The lowest BCUT2D eigenvalue weighted by Gasteiger charge is -2.27. The van der Waals surface area contributed by atoms with Gasteiger partial charge in [0.2, 0.25) is 0 Å². The molecule has 1 saturated heterocycles. The number of amides is 3. The summed E-state index contributed by atoms with van der Waals surface area (Å²) >= 11 is 0. The number of carbonyl (C=O) groups is 2. The van der Waals surface area contributed by atoms with Gasteiger partial charge in [-0.05, 0) is 11.1 Å². The number of β-amino-alcohol motifs (C(OH)–C–C–N with tert-alkyl or cyclic N) is 1. The minimum Gasteiger partial charge on any atom is -0.395 e. The lowest BCUT2D eigenvalue weighted by Crippen LogP contribution is -2.45. The minimum atomic E-state index is -1.24. The van der Waals surface area contributed by atoms with Crippen molar-refractivity contribution in [2.75, 3.05) is 13.2 Å². The van der Waals surface area contributed by atoms with Gasteiger partial charge in [-0.1, -0.05) is 60.7 Å². The molecule has 0 aliphatic carbocycles. The van der Waals surface area contributed by atoms with E-state index in [9.17, 15) is 9.59 Å². The molecular weight excluding hydrogens is 280 g/mol. The smallest absolute Gasteiger partial charge is 0.325 e. The molecule has 0 bridgehead atoms. The highest BCUT2D eigenvalue weighted by Gasteiger charge is 2.53. The molecular formula is C17H16N2O3. The van der Waals surface area contributed by atoms with Crippen molar-refractivity contribution in [3.63, 3.8) is 0 Å². The monoisotopic (exact) mass is 296 g/mol. The Balaban J connectivity index is 2.18. The lowest BCUT2D eigenvalue weighted by molar-refractivity contribution is -0.130. The number of hydrogen-bond acceptors (Lipinski definition) is 3. The molecule has 2 N–H and O–H groups in total. The Labute approximate surface area is 128 Å². The second-order valence-electron chi connectivity index (χ2n) is 5.09. The number of imide groups is 1. The van der Waals surface area contributed by atoms with Crippen molar-refractivity contribution in [2.45, 2.75) is 5.54 Å². The van der Waals surface area contributed by atoms with E-state index in [4.69, 9.17) is 5.11 Å². The highest BCUT2D eigenvalue weighted by Crippen LogP contribution is 2.35. The molecule has 0 radical (unpaired) electrons. The quantitative estimate of drug-likeness (QED) is 0.840. The van der Waals surface area contributed by atoms with E-state index in [0.717, 1.165) is 4.90 Å². The van der Waals surface area contributed by atoms with Gasteiger partial charge in [-0.25, -0.2) is 4.79 Å². The Morgan fingerprint density at radius 1 is 0.909 bits per heavy atom. The molecule has 1 heterocycles. The van der Waals surface area contributed by atoms with Crippen molar-refractivity contribution in [3.8, 4) is 0 Å². The maximum atomic E-state index is 13.0. The summed E-state index contributed by atoms with van der Waals surface area (Å²) < 4.78 is 0. The van der Waals surface area contributed by atoms with Crippen LogP contribution in [0.3, 0.4) is 0 Å². The Morgan fingerprint density at radius 2 is 1.41 bits per heavy atom. The van der Waals surface area contributed by atoms with Gasteiger partial charge in [0.15, 0.2) is 5.54 Å². The highest BCUT2D eigenvalue weighted by atomic mass is 16.3. The first-order valence-corrected chi connectivity index (χ1v) is 7.06. The van der Waals surface area contributed by atoms with Crippen LogP contribution in [0.4, 0.5) is 4.79 Å². The molecule has 5 heteroatoms. The van der Waals surface area contributed by atoms with Crippen molar-refractivity contribution < 1.29 is 14.7 Å². The van der Waals surface area contributed by atoms with Gasteiger partial charge < -0.3 is 10.4 Å². The van der Waals surface area contributed by atoms with Gasteiger partial charge in [0.25, 0.3) is 5.91 Å². The van der Waals surface area contributed by atoms with Crippen LogP contribution in [0.5, 0.6) is 0 Å². The van der Waals surface area contributed by atoms with E-state index in [1.54, 1.807) is 0 Å². The number of nitrogens with zero attached hydrogens (tertiary/aromatic N) is 1. The van der Waals surface area contributed by atoms with Gasteiger partial charge in [0.05, 0.1) is 13.2 Å². The summed E-state index contributed by atoms with van der Waals surface area (Å²) in [6, 6.07) is 17.8. The van der Waals surface area contributed by atoms with Gasteiger partial charge in [-0.3, -0.25) is 9.69 Å². The summed E-state index contributed by atoms with van der Waals surface area (Å²) in [6.07, 6.45) is 0. The molecule has 1 aliphatic heterocycles. The van der Waals surface area contributed by atoms with Crippen molar-refractivity contribution in [1.29, 1.82) is 0 Å². The van der Waals surface area contributed by atoms with Crippen LogP contribution in [0, 0.1) is 0 Å². The van der Waals surface area contributed by atoms with Crippen molar-refractivity contribution in [3.05, 3.63) is 71.8 Å². The molecule has 112 valence electrons. The zero-order valence-corrected chi connectivity index (χ0v) is 11.9. The van der Waals surface area contributed by atoms with Crippen molar-refractivity contribution in [1.82, 2.24) is 10.2 Å². The summed E-state index contributed by atoms with van der Waals surface area (Å²) in [5.41, 5.74) is 0.148. The fourth-order valence-corrected chi connectivity index (χ4v) is 2.81. The molecule has 2 aromatic rings. The Bertz CT molecular complexity index is 646. The molecule has 3 rings (SSSR count). The molecule has 3 amide bonds. The second kappa shape index (κ2) is 5.61. The van der Waals surface area contributed by atoms with E-state index < -0.39 is 11.6 Å². The van der Waals surface area contributed by atoms with Crippen LogP contribution in [0.15, 0.2) is 60.7 Å². The number of aliphatic hydroxyl groups excluding tert-OH is 1. The molecule has 0 aromatic heterocycles. The largest absolute Gasteiger partial charge is 0.395 e. The molecule has 5 nitrogen and oxygen atoms in total. The van der Waals surface area contributed by atoms with E-state index in [2.05, 4.69) is 5.32 Å². The molecule has 0 atom stereocenters. The maximum Gasteiger partial charge on any atom is 0.325 e. The van der Waals surface area contributed by atoms with Crippen LogP contribution in [0.25, 0.3) is 0 Å². The fraction of sp³-hybridized carbons (Fsp3) is 0.176. The predicted molar refractivity (Wildman–Crippen MR) is 81.0 cm³/mol. The van der Waals surface area contributed by atoms with Gasteiger partial charge >= 0.3 is 6.03 Å². The third-order valence-corrected chi connectivity index (χ3v) is 3.84. The zero-order valence-electron chi connectivity index (χ0n) is 11.9. The van der Waals surface area contributed by atoms with Crippen molar-refractivity contribution in [2.24, 2.45) is 0 Å². The van der Waals surface area contributed by atoms with Gasteiger partial charge in [0, 0.05) is 0 Å². The summed E-state index contributed by atoms with van der Waals surface area (Å²) in [5, 5.41) is 11.9. The van der Waals surface area contributed by atoms with Crippen LogP contribution in [0.1, 0.15) is 11.1 Å². The molecule has 0 unspecified atom stereocenters. The molecule has 0 spiro atoms.